The molecule has 112 valence electrons. The average Bonchev–Trinajstić information content (AvgIpc) is 3.04. The Balaban J connectivity index is 1.96. The van der Waals surface area contributed by atoms with E-state index < -0.39 is 0 Å². The topological polar surface area (TPSA) is 75.4 Å². The smallest absolute Gasteiger partial charge is 0.204 e. The van der Waals surface area contributed by atoms with E-state index in [0.29, 0.717) is 5.56 Å². The molecule has 1 N–H and O–H groups in total. The summed E-state index contributed by atoms with van der Waals surface area (Å²) in [4.78, 5) is 18.6. The normalized spacial score (nSPS) is 15.6. The van der Waals surface area contributed by atoms with Crippen LogP contribution < -0.4 is 10.2 Å². The van der Waals surface area contributed by atoms with Crippen LogP contribution in [0.2, 0.25) is 0 Å². The number of carbonyl (C=O) groups excluding carboxylic acids is 1. The van der Waals surface area contributed by atoms with Gasteiger partial charge in [0.15, 0.2) is 11.6 Å². The molecule has 0 radical (unpaired) electrons. The zero-order valence-corrected chi connectivity index (χ0v) is 12.3. The SMILES string of the molecule is CC(=O)c1ccc2nc(N3CCNCC3)c3nncn3c2c1. The lowest BCUT2D eigenvalue weighted by atomic mass is 10.1. The molecule has 1 aliphatic heterocycles. The van der Waals surface area contributed by atoms with Gasteiger partial charge in [-0.1, -0.05) is 0 Å². The number of hydrogen-bond acceptors (Lipinski definition) is 6. The standard InChI is InChI=1S/C15H16N6O/c1-10(22)11-2-3-12-13(8-11)21-9-17-19-15(21)14(18-12)20-6-4-16-5-7-20/h2-3,8-9,16H,4-7H2,1H3. The first-order valence-corrected chi connectivity index (χ1v) is 7.34. The predicted octanol–water partition coefficient (Wildman–Crippen LogP) is 0.890. The summed E-state index contributed by atoms with van der Waals surface area (Å²) in [5.41, 5.74) is 3.09. The van der Waals surface area contributed by atoms with Gasteiger partial charge in [0.05, 0.1) is 11.0 Å². The predicted molar refractivity (Wildman–Crippen MR) is 83.4 cm³/mol. The van der Waals surface area contributed by atoms with Crippen LogP contribution in [0.3, 0.4) is 0 Å². The van der Waals surface area contributed by atoms with Gasteiger partial charge in [-0.25, -0.2) is 4.98 Å². The summed E-state index contributed by atoms with van der Waals surface area (Å²) in [6, 6.07) is 5.55. The first kappa shape index (κ1) is 13.1. The van der Waals surface area contributed by atoms with Gasteiger partial charge in [-0.15, -0.1) is 10.2 Å². The van der Waals surface area contributed by atoms with Crippen LogP contribution in [0.1, 0.15) is 17.3 Å². The van der Waals surface area contributed by atoms with Gasteiger partial charge in [-0.3, -0.25) is 9.20 Å². The van der Waals surface area contributed by atoms with Crippen molar-refractivity contribution in [3.8, 4) is 0 Å². The quantitative estimate of drug-likeness (QED) is 0.708. The van der Waals surface area contributed by atoms with Crippen LogP contribution in [-0.4, -0.2) is 51.5 Å². The second-order valence-electron chi connectivity index (χ2n) is 5.46. The highest BCUT2D eigenvalue weighted by Crippen LogP contribution is 2.24. The lowest BCUT2D eigenvalue weighted by molar-refractivity contribution is 0.101. The fraction of sp³-hybridized carbons (Fsp3) is 0.333. The minimum atomic E-state index is 0.0364. The van der Waals surface area contributed by atoms with Gasteiger partial charge < -0.3 is 10.2 Å². The summed E-state index contributed by atoms with van der Waals surface area (Å²) in [5, 5.41) is 11.6. The molecule has 0 atom stereocenters. The van der Waals surface area contributed by atoms with E-state index in [1.54, 1.807) is 13.3 Å². The number of piperazine rings is 1. The molecule has 0 aliphatic carbocycles. The highest BCUT2D eigenvalue weighted by Gasteiger charge is 2.18. The molecule has 0 amide bonds. The Labute approximate surface area is 127 Å². The summed E-state index contributed by atoms with van der Waals surface area (Å²) in [5.74, 6) is 0.886. The minimum absolute atomic E-state index is 0.0364. The van der Waals surface area contributed by atoms with Crippen molar-refractivity contribution < 1.29 is 4.79 Å². The summed E-state index contributed by atoms with van der Waals surface area (Å²) in [6.45, 7) is 5.22. The first-order chi connectivity index (χ1) is 10.7. The van der Waals surface area contributed by atoms with Gasteiger partial charge in [0.25, 0.3) is 0 Å². The summed E-state index contributed by atoms with van der Waals surface area (Å²) < 4.78 is 1.91. The van der Waals surface area contributed by atoms with Crippen molar-refractivity contribution in [3.63, 3.8) is 0 Å². The van der Waals surface area contributed by atoms with Crippen molar-refractivity contribution in [1.82, 2.24) is 24.9 Å². The van der Waals surface area contributed by atoms with Crippen molar-refractivity contribution in [2.75, 3.05) is 31.1 Å². The second kappa shape index (κ2) is 5.03. The molecule has 1 saturated heterocycles. The molecule has 1 aromatic carbocycles. The monoisotopic (exact) mass is 296 g/mol. The molecule has 3 aromatic rings. The van der Waals surface area contributed by atoms with Crippen molar-refractivity contribution in [3.05, 3.63) is 30.1 Å². The third-order valence-electron chi connectivity index (χ3n) is 4.03. The molecule has 0 unspecified atom stereocenters. The fourth-order valence-corrected chi connectivity index (χ4v) is 2.85. The van der Waals surface area contributed by atoms with Gasteiger partial charge in [0.1, 0.15) is 6.33 Å². The number of anilines is 1. The zero-order chi connectivity index (χ0) is 15.1. The number of rotatable bonds is 2. The molecule has 0 saturated carbocycles. The van der Waals surface area contributed by atoms with Crippen LogP contribution in [0.4, 0.5) is 5.82 Å². The largest absolute Gasteiger partial charge is 0.351 e. The van der Waals surface area contributed by atoms with Crippen molar-refractivity contribution in [2.45, 2.75) is 6.92 Å². The molecular weight excluding hydrogens is 280 g/mol. The van der Waals surface area contributed by atoms with Crippen LogP contribution in [0.25, 0.3) is 16.7 Å². The Morgan fingerprint density at radius 2 is 2.09 bits per heavy atom. The molecule has 0 bridgehead atoms. The molecule has 1 aliphatic rings. The van der Waals surface area contributed by atoms with E-state index in [0.717, 1.165) is 48.7 Å². The summed E-state index contributed by atoms with van der Waals surface area (Å²) in [7, 11) is 0. The van der Waals surface area contributed by atoms with Crippen LogP contribution in [0.5, 0.6) is 0 Å². The molecule has 0 spiro atoms. The van der Waals surface area contributed by atoms with E-state index in [9.17, 15) is 4.79 Å². The first-order valence-electron chi connectivity index (χ1n) is 7.34. The van der Waals surface area contributed by atoms with E-state index in [-0.39, 0.29) is 5.78 Å². The number of benzene rings is 1. The number of nitrogens with zero attached hydrogens (tertiary/aromatic N) is 5. The second-order valence-corrected chi connectivity index (χ2v) is 5.46. The van der Waals surface area contributed by atoms with Crippen molar-refractivity contribution >= 4 is 28.3 Å². The van der Waals surface area contributed by atoms with E-state index >= 15 is 0 Å². The maximum Gasteiger partial charge on any atom is 0.204 e. The number of hydrogen-bond donors (Lipinski definition) is 1. The van der Waals surface area contributed by atoms with E-state index in [2.05, 4.69) is 20.4 Å². The lowest BCUT2D eigenvalue weighted by Gasteiger charge is -2.28. The number of fused-ring (bicyclic) bond motifs is 3. The van der Waals surface area contributed by atoms with Gasteiger partial charge in [-0.05, 0) is 25.1 Å². The molecule has 7 heteroatoms. The van der Waals surface area contributed by atoms with Crippen LogP contribution in [0.15, 0.2) is 24.5 Å². The van der Waals surface area contributed by atoms with Crippen LogP contribution in [-0.2, 0) is 0 Å². The Kier molecular flexibility index (Phi) is 3.00. The Morgan fingerprint density at radius 3 is 2.86 bits per heavy atom. The number of ketones is 1. The van der Waals surface area contributed by atoms with Gasteiger partial charge in [-0.2, -0.15) is 0 Å². The van der Waals surface area contributed by atoms with E-state index in [1.165, 1.54) is 0 Å². The number of aromatic nitrogens is 4. The molecule has 22 heavy (non-hydrogen) atoms. The van der Waals surface area contributed by atoms with E-state index in [1.807, 2.05) is 22.6 Å². The van der Waals surface area contributed by atoms with Crippen molar-refractivity contribution in [1.29, 1.82) is 0 Å². The summed E-state index contributed by atoms with van der Waals surface area (Å²) in [6.07, 6.45) is 1.68. The van der Waals surface area contributed by atoms with Crippen LogP contribution in [0, 0.1) is 0 Å². The Morgan fingerprint density at radius 1 is 1.27 bits per heavy atom. The number of nitrogens with one attached hydrogen (secondary N) is 1. The van der Waals surface area contributed by atoms with Crippen LogP contribution >= 0.6 is 0 Å². The lowest BCUT2D eigenvalue weighted by Crippen LogP contribution is -2.44. The average molecular weight is 296 g/mol. The Hall–Kier alpha value is -2.54. The van der Waals surface area contributed by atoms with Crippen molar-refractivity contribution in [2.24, 2.45) is 0 Å². The minimum Gasteiger partial charge on any atom is -0.351 e. The maximum atomic E-state index is 11.6. The molecular formula is C15H16N6O. The highest BCUT2D eigenvalue weighted by molar-refractivity contribution is 5.97. The van der Waals surface area contributed by atoms with Gasteiger partial charge in [0, 0.05) is 31.7 Å². The van der Waals surface area contributed by atoms with Gasteiger partial charge in [0.2, 0.25) is 5.65 Å². The third-order valence-corrected chi connectivity index (χ3v) is 4.03. The fourth-order valence-electron chi connectivity index (χ4n) is 2.85. The maximum absolute atomic E-state index is 11.6. The third kappa shape index (κ3) is 2.01. The number of carbonyl (C=O) groups is 1. The molecule has 7 nitrogen and oxygen atoms in total. The molecule has 4 rings (SSSR count). The summed E-state index contributed by atoms with van der Waals surface area (Å²) >= 11 is 0. The number of Topliss-reactive ketones (excluding diaryl/α,β-unsaturated/α-hetero) is 1. The zero-order valence-electron chi connectivity index (χ0n) is 12.3. The highest BCUT2D eigenvalue weighted by atomic mass is 16.1. The van der Waals surface area contributed by atoms with Gasteiger partial charge >= 0.3 is 0 Å². The molecule has 2 aromatic heterocycles. The molecule has 1 fully saturated rings. The van der Waals surface area contributed by atoms with E-state index in [4.69, 9.17) is 4.98 Å². The Bertz CT molecular complexity index is 865. The molecule has 3 heterocycles.